The van der Waals surface area contributed by atoms with Crippen LogP contribution in [0.3, 0.4) is 0 Å². The first-order valence-corrected chi connectivity index (χ1v) is 11.3. The first kappa shape index (κ1) is 22.6. The van der Waals surface area contributed by atoms with Crippen molar-refractivity contribution in [2.24, 2.45) is 0 Å². The summed E-state index contributed by atoms with van der Waals surface area (Å²) in [6.07, 6.45) is 0. The molecule has 2 amide bonds. The van der Waals surface area contributed by atoms with E-state index in [1.807, 2.05) is 31.2 Å². The van der Waals surface area contributed by atoms with Crippen LogP contribution in [0, 0.1) is 0 Å². The van der Waals surface area contributed by atoms with Crippen LogP contribution in [0.2, 0.25) is 5.02 Å². The molecule has 3 aromatic rings. The fraction of sp³-hybridized carbons (Fsp3) is 0.185. The van der Waals surface area contributed by atoms with Crippen LogP contribution in [0.1, 0.15) is 37.8 Å². The number of hydrogen-bond donors (Lipinski definition) is 1. The lowest BCUT2D eigenvalue weighted by molar-refractivity contribution is -0.120. The zero-order valence-electron chi connectivity index (χ0n) is 18.8. The molecule has 0 saturated carbocycles. The van der Waals surface area contributed by atoms with Crippen LogP contribution in [0.15, 0.2) is 78.5 Å². The number of carbonyl (C=O) groups excluding carboxylic acids is 2. The number of rotatable bonds is 7. The highest BCUT2D eigenvalue weighted by molar-refractivity contribution is 6.48. The number of anilines is 2. The van der Waals surface area contributed by atoms with E-state index < -0.39 is 11.8 Å². The summed E-state index contributed by atoms with van der Waals surface area (Å²) < 4.78 is 5.52. The summed E-state index contributed by atoms with van der Waals surface area (Å²) in [6.45, 7) is 6.69. The van der Waals surface area contributed by atoms with Crippen molar-refractivity contribution in [2.75, 3.05) is 16.8 Å². The van der Waals surface area contributed by atoms with Gasteiger partial charge in [0.25, 0.3) is 11.8 Å². The molecule has 0 aromatic heterocycles. The zero-order chi connectivity index (χ0) is 23.5. The maximum atomic E-state index is 13.5. The minimum atomic E-state index is -0.454. The highest BCUT2D eigenvalue weighted by Crippen LogP contribution is 2.37. The number of nitrogens with one attached hydrogen (secondary N) is 1. The van der Waals surface area contributed by atoms with Crippen molar-refractivity contribution in [3.05, 3.63) is 94.6 Å². The standard InChI is InChI=1S/C27H25ClN2O3/c1-4-33-21-15-11-19(12-16-21)24-25(29-20-13-9-18(10-14-20)17(2)3)27(32)30(26(24)31)23-8-6-5-7-22(23)28/h5-17,29H,4H2,1-3H3. The van der Waals surface area contributed by atoms with Gasteiger partial charge in [0, 0.05) is 5.69 Å². The zero-order valence-corrected chi connectivity index (χ0v) is 19.5. The van der Waals surface area contributed by atoms with Gasteiger partial charge in [0.2, 0.25) is 0 Å². The number of nitrogens with zero attached hydrogens (tertiary/aromatic N) is 1. The Bertz CT molecular complexity index is 1210. The maximum absolute atomic E-state index is 13.5. The minimum Gasteiger partial charge on any atom is -0.494 e. The quantitative estimate of drug-likeness (QED) is 0.423. The van der Waals surface area contributed by atoms with E-state index in [0.29, 0.717) is 34.5 Å². The molecule has 5 nitrogen and oxygen atoms in total. The number of para-hydroxylation sites is 1. The third-order valence-electron chi connectivity index (χ3n) is 5.48. The second kappa shape index (κ2) is 9.51. The molecule has 0 fully saturated rings. The second-order valence-electron chi connectivity index (χ2n) is 8.01. The van der Waals surface area contributed by atoms with E-state index in [1.165, 1.54) is 5.56 Å². The summed E-state index contributed by atoms with van der Waals surface area (Å²) in [4.78, 5) is 28.2. The monoisotopic (exact) mass is 460 g/mol. The van der Waals surface area contributed by atoms with Gasteiger partial charge in [0.15, 0.2) is 0 Å². The van der Waals surface area contributed by atoms with E-state index in [1.54, 1.807) is 48.5 Å². The third-order valence-corrected chi connectivity index (χ3v) is 5.80. The van der Waals surface area contributed by atoms with Crippen molar-refractivity contribution in [3.8, 4) is 5.75 Å². The van der Waals surface area contributed by atoms with Crippen molar-refractivity contribution in [2.45, 2.75) is 26.7 Å². The Morgan fingerprint density at radius 3 is 2.18 bits per heavy atom. The number of halogens is 1. The largest absolute Gasteiger partial charge is 0.494 e. The SMILES string of the molecule is CCOc1ccc(C2=C(Nc3ccc(C(C)C)cc3)C(=O)N(c3ccccc3Cl)C2=O)cc1. The van der Waals surface area contributed by atoms with E-state index in [4.69, 9.17) is 16.3 Å². The molecule has 0 bridgehead atoms. The molecule has 4 rings (SSSR count). The van der Waals surface area contributed by atoms with E-state index in [-0.39, 0.29) is 11.3 Å². The van der Waals surface area contributed by atoms with E-state index in [2.05, 4.69) is 19.2 Å². The van der Waals surface area contributed by atoms with Gasteiger partial charge in [-0.1, -0.05) is 61.8 Å². The fourth-order valence-corrected chi connectivity index (χ4v) is 3.97. The van der Waals surface area contributed by atoms with Gasteiger partial charge < -0.3 is 10.1 Å². The second-order valence-corrected chi connectivity index (χ2v) is 8.41. The summed E-state index contributed by atoms with van der Waals surface area (Å²) >= 11 is 6.34. The number of ether oxygens (including phenoxy) is 1. The van der Waals surface area contributed by atoms with Crippen LogP contribution in [-0.4, -0.2) is 18.4 Å². The Kier molecular flexibility index (Phi) is 6.52. The summed E-state index contributed by atoms with van der Waals surface area (Å²) in [6, 6.07) is 21.8. The van der Waals surface area contributed by atoms with Gasteiger partial charge in [-0.15, -0.1) is 0 Å². The van der Waals surface area contributed by atoms with Crippen LogP contribution in [-0.2, 0) is 9.59 Å². The molecule has 1 N–H and O–H groups in total. The predicted molar refractivity (Wildman–Crippen MR) is 133 cm³/mol. The van der Waals surface area contributed by atoms with Gasteiger partial charge >= 0.3 is 0 Å². The molecule has 6 heteroatoms. The van der Waals surface area contributed by atoms with Crippen LogP contribution in [0.25, 0.3) is 5.57 Å². The van der Waals surface area contributed by atoms with Crippen molar-refractivity contribution in [3.63, 3.8) is 0 Å². The number of benzene rings is 3. The molecule has 0 spiro atoms. The van der Waals surface area contributed by atoms with Crippen molar-refractivity contribution < 1.29 is 14.3 Å². The summed E-state index contributed by atoms with van der Waals surface area (Å²) in [7, 11) is 0. The molecule has 1 aliphatic rings. The van der Waals surface area contributed by atoms with Gasteiger partial charge in [0.05, 0.1) is 22.9 Å². The fourth-order valence-electron chi connectivity index (χ4n) is 3.75. The molecule has 0 aliphatic carbocycles. The van der Waals surface area contributed by atoms with Crippen LogP contribution in [0.5, 0.6) is 5.75 Å². The Hall–Kier alpha value is -3.57. The lowest BCUT2D eigenvalue weighted by Crippen LogP contribution is -2.32. The minimum absolute atomic E-state index is 0.210. The third kappa shape index (κ3) is 4.50. The number of hydrogen-bond acceptors (Lipinski definition) is 4. The predicted octanol–water partition coefficient (Wildman–Crippen LogP) is 6.26. The van der Waals surface area contributed by atoms with Gasteiger partial charge in [-0.2, -0.15) is 0 Å². The Morgan fingerprint density at radius 2 is 1.58 bits per heavy atom. The van der Waals surface area contributed by atoms with Gasteiger partial charge in [-0.25, -0.2) is 4.90 Å². The smallest absolute Gasteiger partial charge is 0.282 e. The van der Waals surface area contributed by atoms with Crippen LogP contribution >= 0.6 is 11.6 Å². The van der Waals surface area contributed by atoms with Crippen LogP contribution < -0.4 is 15.0 Å². The molecular weight excluding hydrogens is 436 g/mol. The average molecular weight is 461 g/mol. The Morgan fingerprint density at radius 1 is 0.909 bits per heavy atom. The first-order chi connectivity index (χ1) is 15.9. The maximum Gasteiger partial charge on any atom is 0.282 e. The molecule has 3 aromatic carbocycles. The van der Waals surface area contributed by atoms with Crippen molar-refractivity contribution >= 4 is 40.4 Å². The lowest BCUT2D eigenvalue weighted by atomic mass is 10.0. The molecular formula is C27H25ClN2O3. The Labute approximate surface area is 198 Å². The molecule has 0 atom stereocenters. The molecule has 1 aliphatic heterocycles. The molecule has 0 saturated heterocycles. The first-order valence-electron chi connectivity index (χ1n) is 10.9. The summed E-state index contributed by atoms with van der Waals surface area (Å²) in [5.41, 5.74) is 3.38. The van der Waals surface area contributed by atoms with Crippen LogP contribution in [0.4, 0.5) is 11.4 Å². The van der Waals surface area contributed by atoms with Gasteiger partial charge in [-0.3, -0.25) is 9.59 Å². The number of carbonyl (C=O) groups is 2. The topological polar surface area (TPSA) is 58.6 Å². The van der Waals surface area contributed by atoms with E-state index in [0.717, 1.165) is 10.6 Å². The summed E-state index contributed by atoms with van der Waals surface area (Å²) in [5, 5.41) is 3.51. The molecule has 0 radical (unpaired) electrons. The average Bonchev–Trinajstić information content (AvgIpc) is 3.05. The number of imide groups is 1. The van der Waals surface area contributed by atoms with Crippen molar-refractivity contribution in [1.29, 1.82) is 0 Å². The molecule has 1 heterocycles. The highest BCUT2D eigenvalue weighted by Gasteiger charge is 2.41. The highest BCUT2D eigenvalue weighted by atomic mass is 35.5. The van der Waals surface area contributed by atoms with Crippen molar-refractivity contribution in [1.82, 2.24) is 0 Å². The molecule has 0 unspecified atom stereocenters. The number of amides is 2. The Balaban J connectivity index is 1.78. The normalized spacial score (nSPS) is 13.8. The molecule has 33 heavy (non-hydrogen) atoms. The summed E-state index contributed by atoms with van der Waals surface area (Å²) in [5.74, 6) is 0.201. The lowest BCUT2D eigenvalue weighted by Gasteiger charge is -2.17. The van der Waals surface area contributed by atoms with Gasteiger partial charge in [0.1, 0.15) is 11.4 Å². The van der Waals surface area contributed by atoms with E-state index in [9.17, 15) is 9.59 Å². The van der Waals surface area contributed by atoms with Gasteiger partial charge in [-0.05, 0) is 60.4 Å². The van der Waals surface area contributed by atoms with E-state index >= 15 is 0 Å². The molecule has 168 valence electrons.